The standard InChI is InChI=1S/C31H47N9O12S2/c1-28(2,3)49-24(43)31(10,11)52-37-20(18-16-53-25(33-18)35-27(45)51-30(7,8)9)22(41)34-21-19(40(23(21)42)54(46,47)48)15-39-14-17(36-38-39)12-13-32-26(44)50-29(4,5)6/h14,16,19,21H,12-13,15H2,1-11H3,(H,32,44)(H,34,41)(H,33,35,45)(H,46,47,48)/t19-,21+/m1/s1. The molecule has 0 saturated carbocycles. The molecule has 0 bridgehead atoms. The minimum Gasteiger partial charge on any atom is -0.457 e. The summed E-state index contributed by atoms with van der Waals surface area (Å²) < 4.78 is 51.4. The van der Waals surface area contributed by atoms with E-state index < -0.39 is 80.5 Å². The molecule has 0 radical (unpaired) electrons. The Morgan fingerprint density at radius 2 is 1.54 bits per heavy atom. The van der Waals surface area contributed by atoms with E-state index in [0.29, 0.717) is 5.69 Å². The Hall–Kier alpha value is -4.90. The Bertz CT molecular complexity index is 1870. The van der Waals surface area contributed by atoms with Crippen molar-refractivity contribution in [2.24, 2.45) is 5.16 Å². The summed E-state index contributed by atoms with van der Waals surface area (Å²) in [5.41, 5.74) is -4.51. The van der Waals surface area contributed by atoms with Crippen LogP contribution >= 0.6 is 11.3 Å². The molecule has 3 heterocycles. The molecule has 4 N–H and O–H groups in total. The van der Waals surface area contributed by atoms with Gasteiger partial charge in [0.1, 0.15) is 28.5 Å². The summed E-state index contributed by atoms with van der Waals surface area (Å²) in [7, 11) is -5.09. The third-order valence-electron chi connectivity index (χ3n) is 6.54. The van der Waals surface area contributed by atoms with Gasteiger partial charge in [-0.1, -0.05) is 10.4 Å². The smallest absolute Gasteiger partial charge is 0.413 e. The van der Waals surface area contributed by atoms with Crippen molar-refractivity contribution < 1.29 is 56.0 Å². The Morgan fingerprint density at radius 3 is 2.11 bits per heavy atom. The summed E-state index contributed by atoms with van der Waals surface area (Å²) in [6, 6.07) is -2.95. The monoisotopic (exact) mass is 801 g/mol. The van der Waals surface area contributed by atoms with Crippen LogP contribution in [0.15, 0.2) is 16.7 Å². The molecule has 2 aromatic rings. The van der Waals surface area contributed by atoms with Crippen LogP contribution in [0.2, 0.25) is 0 Å². The lowest BCUT2D eigenvalue weighted by Gasteiger charge is -2.43. The van der Waals surface area contributed by atoms with Crippen LogP contribution in [-0.2, 0) is 56.7 Å². The molecule has 0 aliphatic carbocycles. The summed E-state index contributed by atoms with van der Waals surface area (Å²) in [5.74, 6) is -3.11. The van der Waals surface area contributed by atoms with E-state index in [0.717, 1.165) is 11.3 Å². The second kappa shape index (κ2) is 16.2. The van der Waals surface area contributed by atoms with Gasteiger partial charge in [-0.05, 0) is 76.2 Å². The van der Waals surface area contributed by atoms with Crippen molar-refractivity contribution in [3.8, 4) is 0 Å². The largest absolute Gasteiger partial charge is 0.457 e. The minimum atomic E-state index is -5.09. The van der Waals surface area contributed by atoms with E-state index in [9.17, 15) is 36.9 Å². The highest BCUT2D eigenvalue weighted by Gasteiger charge is 2.54. The highest BCUT2D eigenvalue weighted by Crippen LogP contribution is 2.26. The van der Waals surface area contributed by atoms with E-state index in [4.69, 9.17) is 19.0 Å². The number of carbonyl (C=O) groups is 5. The maximum atomic E-state index is 13.8. The van der Waals surface area contributed by atoms with Crippen LogP contribution in [0.25, 0.3) is 0 Å². The fourth-order valence-electron chi connectivity index (χ4n) is 4.32. The normalized spacial score (nSPS) is 16.9. The first kappa shape index (κ1) is 43.5. The average Bonchev–Trinajstić information content (AvgIpc) is 3.61. The fourth-order valence-corrected chi connectivity index (χ4v) is 5.88. The van der Waals surface area contributed by atoms with Crippen molar-refractivity contribution in [1.82, 2.24) is 34.9 Å². The molecule has 4 amide bonds. The molecule has 0 aromatic carbocycles. The number of aromatic nitrogens is 4. The van der Waals surface area contributed by atoms with E-state index in [1.807, 2.05) is 0 Å². The molecule has 1 aliphatic heterocycles. The minimum absolute atomic E-state index is 0.00965. The van der Waals surface area contributed by atoms with Gasteiger partial charge in [0.2, 0.25) is 5.60 Å². The number of carbonyl (C=O) groups excluding carboxylic acids is 5. The highest BCUT2D eigenvalue weighted by atomic mass is 32.2. The molecule has 54 heavy (non-hydrogen) atoms. The number of ether oxygens (including phenoxy) is 3. The molecule has 3 rings (SSSR count). The number of β-lactam (4-membered cyclic amide) rings is 1. The van der Waals surface area contributed by atoms with Crippen molar-refractivity contribution in [2.75, 3.05) is 11.9 Å². The van der Waals surface area contributed by atoms with Crippen LogP contribution in [0, 0.1) is 0 Å². The van der Waals surface area contributed by atoms with Crippen LogP contribution in [0.1, 0.15) is 87.5 Å². The first-order chi connectivity index (χ1) is 24.5. The van der Waals surface area contributed by atoms with Gasteiger partial charge in [0.25, 0.3) is 11.8 Å². The Kier molecular flexibility index (Phi) is 13.1. The molecular formula is C31H47N9O12S2. The molecular weight excluding hydrogens is 755 g/mol. The Morgan fingerprint density at radius 1 is 0.944 bits per heavy atom. The third kappa shape index (κ3) is 12.9. The zero-order chi connectivity index (χ0) is 41.0. The van der Waals surface area contributed by atoms with Gasteiger partial charge in [-0.25, -0.2) is 23.7 Å². The van der Waals surface area contributed by atoms with Crippen LogP contribution in [0.3, 0.4) is 0 Å². The highest BCUT2D eigenvalue weighted by molar-refractivity contribution is 7.84. The van der Waals surface area contributed by atoms with Crippen molar-refractivity contribution in [3.63, 3.8) is 0 Å². The van der Waals surface area contributed by atoms with Crippen molar-refractivity contribution in [1.29, 1.82) is 0 Å². The number of anilines is 1. The Balaban J connectivity index is 1.86. The van der Waals surface area contributed by atoms with Gasteiger partial charge in [0, 0.05) is 24.5 Å². The molecule has 1 fully saturated rings. The summed E-state index contributed by atoms with van der Waals surface area (Å²) >= 11 is 0.887. The third-order valence-corrected chi connectivity index (χ3v) is 8.24. The number of rotatable bonds is 13. The van der Waals surface area contributed by atoms with Gasteiger partial charge in [-0.2, -0.15) is 8.42 Å². The van der Waals surface area contributed by atoms with Crippen molar-refractivity contribution in [2.45, 2.75) is 124 Å². The first-order valence-corrected chi connectivity index (χ1v) is 18.8. The van der Waals surface area contributed by atoms with Crippen LogP contribution in [0.4, 0.5) is 14.7 Å². The van der Waals surface area contributed by atoms with E-state index in [2.05, 4.69) is 36.4 Å². The summed E-state index contributed by atoms with van der Waals surface area (Å²) in [6.45, 7) is 17.5. The zero-order valence-corrected chi connectivity index (χ0v) is 33.5. The molecule has 2 aromatic heterocycles. The molecule has 1 saturated heterocycles. The second-order valence-electron chi connectivity index (χ2n) is 15.4. The van der Waals surface area contributed by atoms with Crippen LogP contribution < -0.4 is 16.0 Å². The summed E-state index contributed by atoms with van der Waals surface area (Å²) in [5, 5.41) is 20.5. The van der Waals surface area contributed by atoms with E-state index in [1.165, 1.54) is 30.1 Å². The van der Waals surface area contributed by atoms with Gasteiger partial charge in [0.15, 0.2) is 10.8 Å². The van der Waals surface area contributed by atoms with Gasteiger partial charge >= 0.3 is 28.5 Å². The molecule has 21 nitrogen and oxygen atoms in total. The lowest BCUT2D eigenvalue weighted by atomic mass is 9.98. The Labute approximate surface area is 316 Å². The van der Waals surface area contributed by atoms with Crippen LogP contribution in [0.5, 0.6) is 0 Å². The molecule has 300 valence electrons. The number of alkyl carbamates (subject to hydrolysis) is 1. The number of thiazole rings is 1. The predicted molar refractivity (Wildman–Crippen MR) is 192 cm³/mol. The average molecular weight is 802 g/mol. The van der Waals surface area contributed by atoms with Gasteiger partial charge < -0.3 is 29.7 Å². The van der Waals surface area contributed by atoms with E-state index in [-0.39, 0.29) is 34.6 Å². The molecule has 0 unspecified atom stereocenters. The molecule has 0 spiro atoms. The number of hydrogen-bond acceptors (Lipinski definition) is 16. The van der Waals surface area contributed by atoms with Gasteiger partial charge in [0.05, 0.1) is 18.3 Å². The maximum absolute atomic E-state index is 13.8. The number of amides is 4. The molecule has 2 atom stereocenters. The topological polar surface area (TPSA) is 272 Å². The quantitative estimate of drug-likeness (QED) is 0.0565. The lowest BCUT2D eigenvalue weighted by Crippen LogP contribution is -2.73. The number of hydrogen-bond donors (Lipinski definition) is 4. The number of nitrogens with zero attached hydrogens (tertiary/aromatic N) is 6. The number of nitrogens with one attached hydrogen (secondary N) is 3. The fraction of sp³-hybridized carbons (Fsp3) is 0.645. The van der Waals surface area contributed by atoms with Gasteiger partial charge in [-0.15, -0.1) is 16.4 Å². The second-order valence-corrected chi connectivity index (χ2v) is 17.6. The number of oxime groups is 1. The van der Waals surface area contributed by atoms with E-state index in [1.54, 1.807) is 62.3 Å². The van der Waals surface area contributed by atoms with Crippen molar-refractivity contribution in [3.05, 3.63) is 23.0 Å². The predicted octanol–water partition coefficient (Wildman–Crippen LogP) is 2.19. The maximum Gasteiger partial charge on any atom is 0.413 e. The number of esters is 1. The van der Waals surface area contributed by atoms with E-state index >= 15 is 0 Å². The SMILES string of the molecule is CC(C)(C)OC(=O)NCCc1cn(C[C@@H]2[C@H](NC(=O)C(=NOC(C)(C)C(=O)OC(C)(C)C)c3csc(NC(=O)OC(C)(C)C)n3)C(=O)N2S(=O)(=O)O)nn1. The van der Waals surface area contributed by atoms with Crippen LogP contribution in [-0.4, -0.2) is 114 Å². The summed E-state index contributed by atoms with van der Waals surface area (Å²) in [6.07, 6.45) is 0.162. The van der Waals surface area contributed by atoms with Crippen molar-refractivity contribution >= 4 is 62.5 Å². The molecule has 23 heteroatoms. The summed E-state index contributed by atoms with van der Waals surface area (Å²) in [4.78, 5) is 73.7. The lowest BCUT2D eigenvalue weighted by molar-refractivity contribution is -0.179. The molecule has 1 aliphatic rings. The van der Waals surface area contributed by atoms with Gasteiger partial charge in [-0.3, -0.25) is 24.1 Å². The first-order valence-electron chi connectivity index (χ1n) is 16.5. The zero-order valence-electron chi connectivity index (χ0n) is 31.9.